The third-order valence-electron chi connectivity index (χ3n) is 4.96. The number of nitrogens with one attached hydrogen (secondary N) is 2. The molecule has 0 aliphatic heterocycles. The molecule has 2 N–H and O–H groups in total. The number of carbonyl (C=O) groups excluding carboxylic acids is 1. The molecule has 0 bridgehead atoms. The Morgan fingerprint density at radius 1 is 1.15 bits per heavy atom. The maximum atomic E-state index is 14.0. The lowest BCUT2D eigenvalue weighted by Crippen LogP contribution is -2.41. The van der Waals surface area contributed by atoms with E-state index in [0.29, 0.717) is 12.0 Å². The third-order valence-corrected chi connectivity index (χ3v) is 4.96. The van der Waals surface area contributed by atoms with Gasteiger partial charge < -0.3 is 10.6 Å². The average Bonchev–Trinajstić information content (AvgIpc) is 2.62. The molecular formula is C20H20F4N2O. The molecule has 2 amide bonds. The number of halogens is 4. The summed E-state index contributed by atoms with van der Waals surface area (Å²) in [6.07, 6.45) is -3.17. The molecular weight excluding hydrogens is 360 g/mol. The van der Waals surface area contributed by atoms with Crippen LogP contribution in [0.1, 0.15) is 41.6 Å². The zero-order valence-electron chi connectivity index (χ0n) is 14.7. The van der Waals surface area contributed by atoms with Crippen molar-refractivity contribution in [2.24, 2.45) is 5.92 Å². The van der Waals surface area contributed by atoms with E-state index in [2.05, 4.69) is 10.6 Å². The van der Waals surface area contributed by atoms with Gasteiger partial charge in [-0.05, 0) is 47.6 Å². The zero-order valence-corrected chi connectivity index (χ0v) is 14.7. The van der Waals surface area contributed by atoms with Crippen molar-refractivity contribution in [2.75, 3.05) is 0 Å². The van der Waals surface area contributed by atoms with E-state index in [1.807, 2.05) is 6.92 Å². The minimum Gasteiger partial charge on any atom is -0.334 e. The zero-order chi connectivity index (χ0) is 19.6. The van der Waals surface area contributed by atoms with E-state index >= 15 is 0 Å². The Kier molecular flexibility index (Phi) is 5.39. The molecule has 144 valence electrons. The van der Waals surface area contributed by atoms with Gasteiger partial charge in [-0.25, -0.2) is 9.18 Å². The Morgan fingerprint density at radius 2 is 1.89 bits per heavy atom. The quantitative estimate of drug-likeness (QED) is 0.726. The highest BCUT2D eigenvalue weighted by Crippen LogP contribution is 2.35. The predicted octanol–water partition coefficient (Wildman–Crippen LogP) is 4.97. The molecule has 2 aromatic rings. The lowest BCUT2D eigenvalue weighted by atomic mass is 9.80. The normalized spacial score (nSPS) is 19.3. The van der Waals surface area contributed by atoms with Crippen molar-refractivity contribution in [2.45, 2.75) is 38.5 Å². The molecule has 0 saturated heterocycles. The number of amides is 2. The van der Waals surface area contributed by atoms with Gasteiger partial charge in [-0.1, -0.05) is 37.3 Å². The van der Waals surface area contributed by atoms with Crippen molar-refractivity contribution in [3.8, 4) is 0 Å². The summed E-state index contributed by atoms with van der Waals surface area (Å²) in [5.41, 5.74) is 0.523. The second-order valence-corrected chi connectivity index (χ2v) is 6.78. The van der Waals surface area contributed by atoms with Gasteiger partial charge in [0.2, 0.25) is 0 Å². The summed E-state index contributed by atoms with van der Waals surface area (Å²) >= 11 is 0. The number of carbonyl (C=O) groups is 1. The van der Waals surface area contributed by atoms with Crippen LogP contribution in [0.3, 0.4) is 0 Å². The number of benzene rings is 2. The molecule has 1 aliphatic rings. The lowest BCUT2D eigenvalue weighted by Gasteiger charge is -2.32. The molecule has 1 aliphatic carbocycles. The van der Waals surface area contributed by atoms with Crippen LogP contribution in [0.4, 0.5) is 22.4 Å². The molecule has 2 atom stereocenters. The fourth-order valence-corrected chi connectivity index (χ4v) is 3.51. The SMILES string of the molecule is CC1CCc2c(F)cccc2C1NC(=O)NCc1ccccc1C(F)(F)F. The van der Waals surface area contributed by atoms with E-state index in [9.17, 15) is 22.4 Å². The molecule has 2 unspecified atom stereocenters. The highest BCUT2D eigenvalue weighted by atomic mass is 19.4. The Balaban J connectivity index is 1.70. The molecule has 0 fully saturated rings. The monoisotopic (exact) mass is 380 g/mol. The molecule has 0 radical (unpaired) electrons. The molecule has 0 spiro atoms. The molecule has 3 rings (SSSR count). The average molecular weight is 380 g/mol. The first kappa shape index (κ1) is 19.2. The summed E-state index contributed by atoms with van der Waals surface area (Å²) in [6, 6.07) is 8.90. The van der Waals surface area contributed by atoms with Crippen molar-refractivity contribution in [1.82, 2.24) is 10.6 Å². The Morgan fingerprint density at radius 3 is 2.63 bits per heavy atom. The Hall–Kier alpha value is -2.57. The third kappa shape index (κ3) is 4.23. The highest BCUT2D eigenvalue weighted by Gasteiger charge is 2.33. The molecule has 0 saturated carbocycles. The fraction of sp³-hybridized carbons (Fsp3) is 0.350. The van der Waals surface area contributed by atoms with Crippen molar-refractivity contribution >= 4 is 6.03 Å². The van der Waals surface area contributed by atoms with E-state index in [1.165, 1.54) is 24.3 Å². The summed E-state index contributed by atoms with van der Waals surface area (Å²) in [7, 11) is 0. The van der Waals surface area contributed by atoms with Crippen LogP contribution in [0.2, 0.25) is 0 Å². The Bertz CT molecular complexity index is 835. The summed E-state index contributed by atoms with van der Waals surface area (Å²) in [5.74, 6) is -0.210. The Labute approximate surface area is 154 Å². The van der Waals surface area contributed by atoms with Crippen LogP contribution >= 0.6 is 0 Å². The topological polar surface area (TPSA) is 41.1 Å². The minimum atomic E-state index is -4.48. The van der Waals surface area contributed by atoms with Gasteiger partial charge in [-0.2, -0.15) is 13.2 Å². The minimum absolute atomic E-state index is 0.0108. The molecule has 0 heterocycles. The van der Waals surface area contributed by atoms with Crippen LogP contribution in [-0.2, 0) is 19.1 Å². The van der Waals surface area contributed by atoms with Gasteiger partial charge in [0, 0.05) is 6.54 Å². The van der Waals surface area contributed by atoms with Gasteiger partial charge in [-0.15, -0.1) is 0 Å². The second-order valence-electron chi connectivity index (χ2n) is 6.78. The fourth-order valence-electron chi connectivity index (χ4n) is 3.51. The van der Waals surface area contributed by atoms with Crippen molar-refractivity contribution in [3.05, 3.63) is 70.5 Å². The van der Waals surface area contributed by atoms with Gasteiger partial charge in [0.25, 0.3) is 0 Å². The summed E-state index contributed by atoms with van der Waals surface area (Å²) in [5, 5.41) is 5.26. The van der Waals surface area contributed by atoms with E-state index in [1.54, 1.807) is 12.1 Å². The van der Waals surface area contributed by atoms with Crippen LogP contribution in [0, 0.1) is 11.7 Å². The summed E-state index contributed by atoms with van der Waals surface area (Å²) in [4.78, 5) is 12.3. The number of alkyl halides is 3. The summed E-state index contributed by atoms with van der Waals surface area (Å²) in [6.45, 7) is 1.70. The van der Waals surface area contributed by atoms with Gasteiger partial charge in [-0.3, -0.25) is 0 Å². The van der Waals surface area contributed by atoms with Gasteiger partial charge in [0.15, 0.2) is 0 Å². The second kappa shape index (κ2) is 7.58. The van der Waals surface area contributed by atoms with Crippen LogP contribution in [-0.4, -0.2) is 6.03 Å². The van der Waals surface area contributed by atoms with Crippen LogP contribution in [0.5, 0.6) is 0 Å². The first-order valence-electron chi connectivity index (χ1n) is 8.74. The first-order chi connectivity index (χ1) is 12.8. The van der Waals surface area contributed by atoms with E-state index in [0.717, 1.165) is 18.1 Å². The molecule has 27 heavy (non-hydrogen) atoms. The summed E-state index contributed by atoms with van der Waals surface area (Å²) < 4.78 is 53.1. The molecule has 0 aromatic heterocycles. The number of fused-ring (bicyclic) bond motifs is 1. The van der Waals surface area contributed by atoms with Crippen molar-refractivity contribution in [1.29, 1.82) is 0 Å². The first-order valence-corrected chi connectivity index (χ1v) is 8.74. The van der Waals surface area contributed by atoms with Crippen LogP contribution in [0.15, 0.2) is 42.5 Å². The predicted molar refractivity (Wildman–Crippen MR) is 93.4 cm³/mol. The van der Waals surface area contributed by atoms with Crippen molar-refractivity contribution in [3.63, 3.8) is 0 Å². The molecule has 7 heteroatoms. The standard InChI is InChI=1S/C20H20F4N2O/c1-12-9-10-14-15(6-4-8-17(14)21)18(12)26-19(27)25-11-13-5-2-3-7-16(13)20(22,23)24/h2-8,12,18H,9-11H2,1H3,(H2,25,26,27). The number of hydrogen-bond donors (Lipinski definition) is 2. The molecule has 2 aromatic carbocycles. The lowest BCUT2D eigenvalue weighted by molar-refractivity contribution is -0.138. The van der Waals surface area contributed by atoms with Gasteiger partial charge in [0.05, 0.1) is 11.6 Å². The van der Waals surface area contributed by atoms with E-state index in [-0.39, 0.29) is 29.9 Å². The molecule has 3 nitrogen and oxygen atoms in total. The van der Waals surface area contributed by atoms with E-state index < -0.39 is 17.8 Å². The van der Waals surface area contributed by atoms with Crippen LogP contribution < -0.4 is 10.6 Å². The highest BCUT2D eigenvalue weighted by molar-refractivity contribution is 5.74. The van der Waals surface area contributed by atoms with Gasteiger partial charge >= 0.3 is 12.2 Å². The number of urea groups is 1. The maximum absolute atomic E-state index is 14.0. The van der Waals surface area contributed by atoms with E-state index in [4.69, 9.17) is 0 Å². The maximum Gasteiger partial charge on any atom is 0.416 e. The van der Waals surface area contributed by atoms with Crippen LogP contribution in [0.25, 0.3) is 0 Å². The number of hydrogen-bond acceptors (Lipinski definition) is 1. The smallest absolute Gasteiger partial charge is 0.334 e. The largest absolute Gasteiger partial charge is 0.416 e. The van der Waals surface area contributed by atoms with Crippen molar-refractivity contribution < 1.29 is 22.4 Å². The van der Waals surface area contributed by atoms with Gasteiger partial charge in [0.1, 0.15) is 5.82 Å². The number of rotatable bonds is 3.